The highest BCUT2D eigenvalue weighted by Gasteiger charge is 2.34. The van der Waals surface area contributed by atoms with Gasteiger partial charge in [-0.3, -0.25) is 4.79 Å². The van der Waals surface area contributed by atoms with Gasteiger partial charge in [-0.15, -0.1) is 0 Å². The van der Waals surface area contributed by atoms with Gasteiger partial charge in [0.05, 0.1) is 12.2 Å². The first-order valence-corrected chi connectivity index (χ1v) is 8.87. The summed E-state index contributed by atoms with van der Waals surface area (Å²) in [7, 11) is 0. The molecule has 138 valence electrons. The van der Waals surface area contributed by atoms with Gasteiger partial charge in [-0.25, -0.2) is 10.2 Å². The van der Waals surface area contributed by atoms with Crippen LogP contribution >= 0.6 is 0 Å². The van der Waals surface area contributed by atoms with Crippen LogP contribution in [0.3, 0.4) is 0 Å². The Morgan fingerprint density at radius 3 is 2.25 bits per heavy atom. The molecule has 2 N–H and O–H groups in total. The highest BCUT2D eigenvalue weighted by Crippen LogP contribution is 2.30. The lowest BCUT2D eigenvalue weighted by atomic mass is 10.1. The van der Waals surface area contributed by atoms with Crippen molar-refractivity contribution in [2.75, 3.05) is 10.2 Å². The SMILES string of the molecule is O=C(N/N=C1\C(=O)N(Cc2ccccc2)c2ccccc21)Nc1ccccc1. The van der Waals surface area contributed by atoms with Crippen molar-refractivity contribution in [3.05, 3.63) is 96.1 Å². The zero-order valence-electron chi connectivity index (χ0n) is 15.0. The molecule has 0 aromatic heterocycles. The molecule has 1 heterocycles. The first kappa shape index (κ1) is 17.5. The summed E-state index contributed by atoms with van der Waals surface area (Å²) in [4.78, 5) is 26.7. The summed E-state index contributed by atoms with van der Waals surface area (Å²) in [6.45, 7) is 0.436. The Morgan fingerprint density at radius 2 is 1.50 bits per heavy atom. The van der Waals surface area contributed by atoms with Crippen molar-refractivity contribution in [3.63, 3.8) is 0 Å². The lowest BCUT2D eigenvalue weighted by Gasteiger charge is -2.16. The number of nitrogens with one attached hydrogen (secondary N) is 2. The van der Waals surface area contributed by atoms with Gasteiger partial charge in [0.2, 0.25) is 0 Å². The van der Waals surface area contributed by atoms with E-state index < -0.39 is 6.03 Å². The van der Waals surface area contributed by atoms with Crippen LogP contribution in [0.4, 0.5) is 16.2 Å². The number of amides is 3. The van der Waals surface area contributed by atoms with Crippen LogP contribution in [0.5, 0.6) is 0 Å². The van der Waals surface area contributed by atoms with Crippen LogP contribution < -0.4 is 15.6 Å². The maximum atomic E-state index is 13.0. The van der Waals surface area contributed by atoms with E-state index >= 15 is 0 Å². The van der Waals surface area contributed by atoms with E-state index in [-0.39, 0.29) is 11.6 Å². The van der Waals surface area contributed by atoms with E-state index in [9.17, 15) is 9.59 Å². The molecule has 6 heteroatoms. The number of fused-ring (bicyclic) bond motifs is 1. The molecule has 0 saturated heterocycles. The monoisotopic (exact) mass is 370 g/mol. The van der Waals surface area contributed by atoms with Gasteiger partial charge in [0.25, 0.3) is 5.91 Å². The number of rotatable bonds is 4. The van der Waals surface area contributed by atoms with Gasteiger partial charge in [0.1, 0.15) is 0 Å². The summed E-state index contributed by atoms with van der Waals surface area (Å²) >= 11 is 0. The molecule has 0 atom stereocenters. The van der Waals surface area contributed by atoms with Crippen LogP contribution in [0.2, 0.25) is 0 Å². The number of urea groups is 1. The Bertz CT molecular complexity index is 1030. The van der Waals surface area contributed by atoms with Crippen LogP contribution in [0, 0.1) is 0 Å². The smallest absolute Gasteiger partial charge is 0.307 e. The molecule has 4 rings (SSSR count). The van der Waals surface area contributed by atoms with Gasteiger partial charge in [0, 0.05) is 11.3 Å². The number of hydrazone groups is 1. The van der Waals surface area contributed by atoms with Gasteiger partial charge < -0.3 is 10.2 Å². The fourth-order valence-electron chi connectivity index (χ4n) is 3.08. The predicted molar refractivity (Wildman–Crippen MR) is 109 cm³/mol. The zero-order chi connectivity index (χ0) is 19.3. The highest BCUT2D eigenvalue weighted by molar-refractivity contribution is 6.54. The standard InChI is InChI=1S/C22H18N4O2/c27-21-20(24-25-22(28)23-17-11-5-2-6-12-17)18-13-7-8-14-19(18)26(21)15-16-9-3-1-4-10-16/h1-14H,15H2,(H2,23,25,28)/b24-20-. The second-order valence-electron chi connectivity index (χ2n) is 6.29. The number of hydrogen-bond donors (Lipinski definition) is 2. The molecule has 6 nitrogen and oxygen atoms in total. The zero-order valence-corrected chi connectivity index (χ0v) is 15.0. The quantitative estimate of drug-likeness (QED) is 0.686. The number of anilines is 2. The molecule has 3 aromatic rings. The molecule has 28 heavy (non-hydrogen) atoms. The Balaban J connectivity index is 1.55. The van der Waals surface area contributed by atoms with Crippen molar-refractivity contribution in [1.29, 1.82) is 0 Å². The number of carbonyl (C=O) groups excluding carboxylic acids is 2. The van der Waals surface area contributed by atoms with Crippen LogP contribution in [-0.2, 0) is 11.3 Å². The maximum absolute atomic E-state index is 13.0. The first-order valence-electron chi connectivity index (χ1n) is 8.87. The van der Waals surface area contributed by atoms with Crippen molar-refractivity contribution < 1.29 is 9.59 Å². The minimum atomic E-state index is -0.509. The van der Waals surface area contributed by atoms with Gasteiger partial charge in [-0.05, 0) is 23.8 Å². The van der Waals surface area contributed by atoms with Crippen LogP contribution in [-0.4, -0.2) is 17.6 Å². The molecule has 1 aliphatic rings. The topological polar surface area (TPSA) is 73.8 Å². The summed E-state index contributed by atoms with van der Waals surface area (Å²) in [5.41, 5.74) is 5.77. The van der Waals surface area contributed by atoms with E-state index in [2.05, 4.69) is 15.8 Å². The molecule has 3 aromatic carbocycles. The molecule has 0 saturated carbocycles. The third kappa shape index (κ3) is 3.61. The first-order chi connectivity index (χ1) is 13.7. The van der Waals surface area contributed by atoms with Gasteiger partial charge in [-0.2, -0.15) is 5.10 Å². The normalized spacial score (nSPS) is 14.1. The van der Waals surface area contributed by atoms with Crippen molar-refractivity contribution >= 4 is 29.0 Å². The van der Waals surface area contributed by atoms with Crippen molar-refractivity contribution in [2.24, 2.45) is 5.10 Å². The van der Waals surface area contributed by atoms with Gasteiger partial charge >= 0.3 is 6.03 Å². The van der Waals surface area contributed by atoms with Crippen LogP contribution in [0.15, 0.2) is 90.0 Å². The number of nitrogens with zero attached hydrogens (tertiary/aromatic N) is 2. The molecule has 0 radical (unpaired) electrons. The van der Waals surface area contributed by atoms with Gasteiger partial charge in [0.15, 0.2) is 5.71 Å². The molecule has 3 amide bonds. The lowest BCUT2D eigenvalue weighted by Crippen LogP contribution is -2.32. The van der Waals surface area contributed by atoms with Crippen molar-refractivity contribution in [3.8, 4) is 0 Å². The summed E-state index contributed by atoms with van der Waals surface area (Å²) in [6, 6.07) is 25.7. The highest BCUT2D eigenvalue weighted by atomic mass is 16.2. The van der Waals surface area contributed by atoms with E-state index in [0.717, 1.165) is 11.3 Å². The number of benzene rings is 3. The molecule has 0 unspecified atom stereocenters. The van der Waals surface area contributed by atoms with E-state index in [0.29, 0.717) is 17.8 Å². The lowest BCUT2D eigenvalue weighted by molar-refractivity contribution is -0.112. The minimum Gasteiger partial charge on any atom is -0.307 e. The Labute approximate surface area is 162 Å². The molecular formula is C22H18N4O2. The van der Waals surface area contributed by atoms with E-state index in [1.54, 1.807) is 17.0 Å². The molecule has 0 fully saturated rings. The van der Waals surface area contributed by atoms with E-state index in [4.69, 9.17) is 0 Å². The van der Waals surface area contributed by atoms with Gasteiger partial charge in [-0.1, -0.05) is 66.7 Å². The third-order valence-electron chi connectivity index (χ3n) is 4.38. The fraction of sp³-hybridized carbons (Fsp3) is 0.0455. The molecular weight excluding hydrogens is 352 g/mol. The van der Waals surface area contributed by atoms with Crippen molar-refractivity contribution in [2.45, 2.75) is 6.54 Å². The van der Waals surface area contributed by atoms with E-state index in [1.165, 1.54) is 0 Å². The predicted octanol–water partition coefficient (Wildman–Crippen LogP) is 3.76. The third-order valence-corrected chi connectivity index (χ3v) is 4.38. The number of carbonyl (C=O) groups is 2. The maximum Gasteiger partial charge on any atom is 0.339 e. The Kier molecular flexibility index (Phi) is 4.84. The summed E-state index contributed by atoms with van der Waals surface area (Å²) in [6.07, 6.45) is 0. The average Bonchev–Trinajstić information content (AvgIpc) is 2.99. The van der Waals surface area contributed by atoms with Crippen molar-refractivity contribution in [1.82, 2.24) is 5.43 Å². The van der Waals surface area contributed by atoms with E-state index in [1.807, 2.05) is 72.8 Å². The fourth-order valence-corrected chi connectivity index (χ4v) is 3.08. The molecule has 0 bridgehead atoms. The summed E-state index contributed by atoms with van der Waals surface area (Å²) in [5.74, 6) is -0.245. The summed E-state index contributed by atoms with van der Waals surface area (Å²) in [5, 5.41) is 6.77. The second-order valence-corrected chi connectivity index (χ2v) is 6.29. The van der Waals surface area contributed by atoms with Crippen LogP contribution in [0.1, 0.15) is 11.1 Å². The molecule has 0 aliphatic carbocycles. The summed E-state index contributed by atoms with van der Waals surface area (Å²) < 4.78 is 0. The number of para-hydroxylation sites is 2. The Hall–Kier alpha value is -3.93. The molecule has 0 spiro atoms. The molecule has 1 aliphatic heterocycles. The number of hydrogen-bond acceptors (Lipinski definition) is 3. The van der Waals surface area contributed by atoms with Crippen LogP contribution in [0.25, 0.3) is 0 Å². The largest absolute Gasteiger partial charge is 0.339 e. The Morgan fingerprint density at radius 1 is 0.857 bits per heavy atom. The average molecular weight is 370 g/mol. The minimum absolute atomic E-state index is 0.217. The second kappa shape index (κ2) is 7.75.